The summed E-state index contributed by atoms with van der Waals surface area (Å²) in [6.45, 7) is 4.30. The first-order valence-electron chi connectivity index (χ1n) is 11.0. The van der Waals surface area contributed by atoms with Gasteiger partial charge < -0.3 is 18.9 Å². The van der Waals surface area contributed by atoms with E-state index in [9.17, 15) is 13.2 Å². The molecule has 186 valence electrons. The molecule has 0 aromatic heterocycles. The average molecular weight is 490 g/mol. The predicted octanol–water partition coefficient (Wildman–Crippen LogP) is 5.94. The van der Waals surface area contributed by atoms with E-state index in [2.05, 4.69) is 0 Å². The van der Waals surface area contributed by atoms with Crippen molar-refractivity contribution in [2.75, 3.05) is 26.4 Å². The van der Waals surface area contributed by atoms with E-state index in [0.29, 0.717) is 6.61 Å². The molecule has 34 heavy (non-hydrogen) atoms. The van der Waals surface area contributed by atoms with Crippen molar-refractivity contribution >= 4 is 0 Å². The Morgan fingerprint density at radius 3 is 2.03 bits per heavy atom. The van der Waals surface area contributed by atoms with Crippen LogP contribution >= 0.6 is 0 Å². The van der Waals surface area contributed by atoms with Crippen molar-refractivity contribution in [3.63, 3.8) is 0 Å². The highest BCUT2D eigenvalue weighted by Crippen LogP contribution is 2.60. The summed E-state index contributed by atoms with van der Waals surface area (Å²) in [5.41, 5.74) is -4.13. The van der Waals surface area contributed by atoms with Crippen LogP contribution in [0, 0.1) is 11.6 Å². The summed E-state index contributed by atoms with van der Waals surface area (Å²) in [6, 6.07) is 4.46. The van der Waals surface area contributed by atoms with E-state index in [-0.39, 0.29) is 44.3 Å². The normalized spacial score (nSPS) is 22.7. The van der Waals surface area contributed by atoms with Crippen LogP contribution in [-0.4, -0.2) is 38.8 Å². The van der Waals surface area contributed by atoms with Crippen molar-refractivity contribution in [1.82, 2.24) is 0 Å². The van der Waals surface area contributed by atoms with Gasteiger partial charge in [0.15, 0.2) is 17.9 Å². The fourth-order valence-corrected chi connectivity index (χ4v) is 4.31. The molecule has 1 aliphatic carbocycles. The molecular formula is C24H24F6O4. The largest absolute Gasteiger partial charge is 0.491 e. The molecule has 0 N–H and O–H groups in total. The SMILES string of the molecule is CCOc1ccc2c(c1F)C(F)(F)C(F)(F)c1c-2ccc(CCC2OCC(OCC)CO2)c1F. The van der Waals surface area contributed by atoms with Crippen LogP contribution in [0.4, 0.5) is 26.3 Å². The molecule has 0 atom stereocenters. The van der Waals surface area contributed by atoms with Crippen molar-refractivity contribution in [2.45, 2.75) is 50.9 Å². The highest BCUT2D eigenvalue weighted by Gasteiger charge is 2.65. The van der Waals surface area contributed by atoms with Crippen LogP contribution in [0.1, 0.15) is 37.0 Å². The Morgan fingerprint density at radius 1 is 0.853 bits per heavy atom. The van der Waals surface area contributed by atoms with E-state index in [1.807, 2.05) is 6.92 Å². The zero-order valence-corrected chi connectivity index (χ0v) is 18.6. The first-order chi connectivity index (χ1) is 16.1. The van der Waals surface area contributed by atoms with Crippen molar-refractivity contribution in [1.29, 1.82) is 0 Å². The van der Waals surface area contributed by atoms with Crippen LogP contribution in [0.3, 0.4) is 0 Å². The van der Waals surface area contributed by atoms with Crippen molar-refractivity contribution in [2.24, 2.45) is 0 Å². The summed E-state index contributed by atoms with van der Waals surface area (Å²) in [5.74, 6) is -13.6. The predicted molar refractivity (Wildman–Crippen MR) is 110 cm³/mol. The van der Waals surface area contributed by atoms with Gasteiger partial charge in [0.1, 0.15) is 11.9 Å². The number of hydrogen-bond acceptors (Lipinski definition) is 4. The number of ether oxygens (including phenoxy) is 4. The van der Waals surface area contributed by atoms with Gasteiger partial charge in [-0.25, -0.2) is 8.78 Å². The first-order valence-corrected chi connectivity index (χ1v) is 11.0. The molecule has 0 spiro atoms. The number of halogens is 6. The Hall–Kier alpha value is -2.30. The molecule has 1 heterocycles. The number of aryl methyl sites for hydroxylation is 1. The van der Waals surface area contributed by atoms with Crippen LogP contribution < -0.4 is 4.74 Å². The summed E-state index contributed by atoms with van der Waals surface area (Å²) >= 11 is 0. The molecule has 0 amide bonds. The topological polar surface area (TPSA) is 36.9 Å². The second-order valence-electron chi connectivity index (χ2n) is 8.06. The van der Waals surface area contributed by atoms with E-state index < -0.39 is 57.8 Å². The summed E-state index contributed by atoms with van der Waals surface area (Å²) in [7, 11) is 0. The number of benzene rings is 2. The third kappa shape index (κ3) is 4.05. The molecule has 4 nitrogen and oxygen atoms in total. The van der Waals surface area contributed by atoms with Crippen LogP contribution in [0.25, 0.3) is 11.1 Å². The highest BCUT2D eigenvalue weighted by atomic mass is 19.3. The quantitative estimate of drug-likeness (QED) is 0.451. The Balaban J connectivity index is 1.66. The van der Waals surface area contributed by atoms with Crippen molar-refractivity contribution < 1.29 is 45.3 Å². The summed E-state index contributed by atoms with van der Waals surface area (Å²) in [4.78, 5) is 0. The molecule has 0 unspecified atom stereocenters. The molecule has 0 saturated carbocycles. The number of alkyl halides is 4. The Labute approximate surface area is 192 Å². The Kier molecular flexibility index (Phi) is 6.85. The lowest BCUT2D eigenvalue weighted by atomic mass is 9.78. The summed E-state index contributed by atoms with van der Waals surface area (Å²) < 4.78 is 111. The van der Waals surface area contributed by atoms with Gasteiger partial charge in [-0.2, -0.15) is 17.6 Å². The van der Waals surface area contributed by atoms with Crippen molar-refractivity contribution in [3.05, 3.63) is 52.6 Å². The fourth-order valence-electron chi connectivity index (χ4n) is 4.31. The van der Waals surface area contributed by atoms with E-state index in [1.165, 1.54) is 13.0 Å². The molecule has 1 aliphatic heterocycles. The lowest BCUT2D eigenvalue weighted by Crippen LogP contribution is -2.41. The molecule has 0 radical (unpaired) electrons. The maximum absolute atomic E-state index is 15.3. The van der Waals surface area contributed by atoms with Crippen LogP contribution in [0.15, 0.2) is 24.3 Å². The molecule has 1 fully saturated rings. The maximum Gasteiger partial charge on any atom is 0.343 e. The zero-order chi connectivity index (χ0) is 24.7. The van der Waals surface area contributed by atoms with Gasteiger partial charge in [0.05, 0.1) is 30.9 Å². The molecule has 4 rings (SSSR count). The van der Waals surface area contributed by atoms with Gasteiger partial charge in [-0.05, 0) is 49.1 Å². The molecule has 2 aromatic carbocycles. The standard InChI is InChI=1S/C24H24F6O4/c1-3-31-14-11-33-18(34-12-14)10-6-13-5-7-15-16-8-9-17(32-4-2)22(26)20(16)24(29,30)23(27,28)19(15)21(13)25/h5,7-9,14,18H,3-4,6,10-12H2,1-2H3. The van der Waals surface area contributed by atoms with Crippen LogP contribution in [-0.2, 0) is 32.5 Å². The molecule has 2 aromatic rings. The second kappa shape index (κ2) is 9.39. The number of hydrogen-bond donors (Lipinski definition) is 0. The van der Waals surface area contributed by atoms with E-state index >= 15 is 13.2 Å². The summed E-state index contributed by atoms with van der Waals surface area (Å²) in [6.07, 6.45) is -0.901. The third-order valence-corrected chi connectivity index (χ3v) is 5.93. The van der Waals surface area contributed by atoms with Crippen LogP contribution in [0.5, 0.6) is 5.75 Å². The van der Waals surface area contributed by atoms with E-state index in [0.717, 1.165) is 18.2 Å². The minimum atomic E-state index is -4.99. The van der Waals surface area contributed by atoms with Crippen LogP contribution in [0.2, 0.25) is 0 Å². The Morgan fingerprint density at radius 2 is 1.44 bits per heavy atom. The monoisotopic (exact) mass is 490 g/mol. The maximum atomic E-state index is 15.3. The van der Waals surface area contributed by atoms with Gasteiger partial charge in [-0.15, -0.1) is 0 Å². The molecule has 0 bridgehead atoms. The van der Waals surface area contributed by atoms with Gasteiger partial charge >= 0.3 is 11.8 Å². The number of fused-ring (bicyclic) bond motifs is 3. The van der Waals surface area contributed by atoms with Gasteiger partial charge in [0, 0.05) is 13.0 Å². The van der Waals surface area contributed by atoms with Gasteiger partial charge in [-0.1, -0.05) is 12.1 Å². The zero-order valence-electron chi connectivity index (χ0n) is 18.6. The smallest absolute Gasteiger partial charge is 0.343 e. The van der Waals surface area contributed by atoms with E-state index in [4.69, 9.17) is 18.9 Å². The Bertz CT molecular complexity index is 1050. The lowest BCUT2D eigenvalue weighted by molar-refractivity contribution is -0.228. The third-order valence-electron chi connectivity index (χ3n) is 5.93. The number of rotatable bonds is 7. The second-order valence-corrected chi connectivity index (χ2v) is 8.06. The average Bonchev–Trinajstić information content (AvgIpc) is 2.79. The molecule has 2 aliphatic rings. The minimum Gasteiger partial charge on any atom is -0.491 e. The minimum absolute atomic E-state index is 0.0487. The molecular weight excluding hydrogens is 466 g/mol. The molecule has 10 heteroatoms. The highest BCUT2D eigenvalue weighted by molar-refractivity contribution is 5.77. The van der Waals surface area contributed by atoms with Gasteiger partial charge in [0.2, 0.25) is 0 Å². The van der Waals surface area contributed by atoms with Gasteiger partial charge in [0.25, 0.3) is 0 Å². The fraction of sp³-hybridized carbons (Fsp3) is 0.500. The molecule has 1 saturated heterocycles. The van der Waals surface area contributed by atoms with E-state index in [1.54, 1.807) is 0 Å². The lowest BCUT2D eigenvalue weighted by Gasteiger charge is -2.36. The van der Waals surface area contributed by atoms with Crippen molar-refractivity contribution in [3.8, 4) is 16.9 Å². The van der Waals surface area contributed by atoms with Gasteiger partial charge in [-0.3, -0.25) is 0 Å². The summed E-state index contributed by atoms with van der Waals surface area (Å²) in [5, 5.41) is 0. The first kappa shape index (κ1) is 24.8.